The number of aromatic nitrogens is 3. The minimum Gasteiger partial charge on any atom is -0.393 e. The molecule has 1 amide bonds. The third-order valence-corrected chi connectivity index (χ3v) is 3.81. The first kappa shape index (κ1) is 13.8. The zero-order chi connectivity index (χ0) is 14.7. The van der Waals surface area contributed by atoms with Gasteiger partial charge in [0.25, 0.3) is 5.91 Å². The largest absolute Gasteiger partial charge is 0.393 e. The minimum atomic E-state index is -0.224. The van der Waals surface area contributed by atoms with Gasteiger partial charge < -0.3 is 10.4 Å². The highest BCUT2D eigenvalue weighted by atomic mass is 16.3. The molecule has 0 spiro atoms. The number of para-hydroxylation sites is 1. The summed E-state index contributed by atoms with van der Waals surface area (Å²) in [5.41, 5.74) is 1.17. The molecular formula is C15H18N4O2. The van der Waals surface area contributed by atoms with Crippen molar-refractivity contribution in [3.05, 3.63) is 42.2 Å². The van der Waals surface area contributed by atoms with Crippen molar-refractivity contribution in [2.24, 2.45) is 5.92 Å². The maximum Gasteiger partial charge on any atom is 0.273 e. The first-order chi connectivity index (χ1) is 10.2. The molecule has 21 heavy (non-hydrogen) atoms. The van der Waals surface area contributed by atoms with Crippen LogP contribution in [0, 0.1) is 5.92 Å². The fraction of sp³-hybridized carbons (Fsp3) is 0.400. The molecule has 0 saturated heterocycles. The molecule has 0 bridgehead atoms. The van der Waals surface area contributed by atoms with E-state index < -0.39 is 0 Å². The van der Waals surface area contributed by atoms with Crippen molar-refractivity contribution >= 4 is 5.91 Å². The zero-order valence-corrected chi connectivity index (χ0v) is 11.6. The van der Waals surface area contributed by atoms with Crippen LogP contribution in [0.1, 0.15) is 29.8 Å². The molecule has 2 N–H and O–H groups in total. The van der Waals surface area contributed by atoms with Gasteiger partial charge in [-0.05, 0) is 37.3 Å². The smallest absolute Gasteiger partial charge is 0.273 e. The number of carbonyl (C=O) groups excluding carboxylic acids is 1. The predicted octanol–water partition coefficient (Wildman–Crippen LogP) is 1.16. The van der Waals surface area contributed by atoms with Gasteiger partial charge in [-0.3, -0.25) is 4.79 Å². The Labute approximate surface area is 122 Å². The molecule has 0 radical (unpaired) electrons. The van der Waals surface area contributed by atoms with Crippen molar-refractivity contribution in [1.29, 1.82) is 0 Å². The van der Waals surface area contributed by atoms with E-state index in [0.29, 0.717) is 18.2 Å². The van der Waals surface area contributed by atoms with Gasteiger partial charge in [-0.1, -0.05) is 23.4 Å². The Morgan fingerprint density at radius 2 is 2.14 bits per heavy atom. The number of amides is 1. The van der Waals surface area contributed by atoms with Crippen LogP contribution in [0.5, 0.6) is 0 Å². The van der Waals surface area contributed by atoms with Crippen LogP contribution >= 0.6 is 0 Å². The molecule has 3 rings (SSSR count). The molecule has 6 heteroatoms. The Hall–Kier alpha value is -2.21. The lowest BCUT2D eigenvalue weighted by Gasteiger charge is -2.09. The van der Waals surface area contributed by atoms with Crippen LogP contribution in [0.25, 0.3) is 5.69 Å². The van der Waals surface area contributed by atoms with Crippen LogP contribution in [0.2, 0.25) is 0 Å². The lowest BCUT2D eigenvalue weighted by Crippen LogP contribution is -2.28. The van der Waals surface area contributed by atoms with E-state index in [2.05, 4.69) is 15.6 Å². The van der Waals surface area contributed by atoms with Gasteiger partial charge in [0.05, 0.1) is 18.0 Å². The molecular weight excluding hydrogens is 268 g/mol. The number of rotatable bonds is 4. The molecule has 1 saturated carbocycles. The van der Waals surface area contributed by atoms with Crippen molar-refractivity contribution in [2.75, 3.05) is 6.54 Å². The van der Waals surface area contributed by atoms with Gasteiger partial charge in [-0.2, -0.15) is 0 Å². The van der Waals surface area contributed by atoms with E-state index in [4.69, 9.17) is 0 Å². The fourth-order valence-corrected chi connectivity index (χ4v) is 2.64. The summed E-state index contributed by atoms with van der Waals surface area (Å²) in [6.45, 7) is 0.577. The standard InChI is InChI=1S/C15H18N4O2/c20-13-7-6-11(8-13)9-16-15(21)14-10-19(18-17-14)12-4-2-1-3-5-12/h1-5,10-11,13,20H,6-9H2,(H,16,21). The number of hydrogen-bond donors (Lipinski definition) is 2. The Balaban J connectivity index is 1.59. The molecule has 1 aliphatic rings. The number of hydrogen-bond acceptors (Lipinski definition) is 4. The van der Waals surface area contributed by atoms with Crippen LogP contribution in [-0.4, -0.2) is 38.7 Å². The molecule has 0 aliphatic heterocycles. The van der Waals surface area contributed by atoms with Gasteiger partial charge >= 0.3 is 0 Å². The van der Waals surface area contributed by atoms with Crippen LogP contribution in [0.3, 0.4) is 0 Å². The number of nitrogens with zero attached hydrogens (tertiary/aromatic N) is 3. The monoisotopic (exact) mass is 286 g/mol. The Bertz CT molecular complexity index is 611. The summed E-state index contributed by atoms with van der Waals surface area (Å²) in [6.07, 6.45) is 3.94. The molecule has 1 aromatic heterocycles. The zero-order valence-electron chi connectivity index (χ0n) is 11.6. The maximum absolute atomic E-state index is 12.0. The average molecular weight is 286 g/mol. The van der Waals surface area contributed by atoms with Crippen LogP contribution in [0.4, 0.5) is 0 Å². The molecule has 1 heterocycles. The van der Waals surface area contributed by atoms with Crippen LogP contribution < -0.4 is 5.32 Å². The quantitative estimate of drug-likeness (QED) is 0.884. The number of nitrogens with one attached hydrogen (secondary N) is 1. The van der Waals surface area contributed by atoms with Crippen molar-refractivity contribution in [3.63, 3.8) is 0 Å². The fourth-order valence-electron chi connectivity index (χ4n) is 2.64. The summed E-state index contributed by atoms with van der Waals surface area (Å²) in [6, 6.07) is 9.53. The van der Waals surface area contributed by atoms with Crippen molar-refractivity contribution < 1.29 is 9.90 Å². The van der Waals surface area contributed by atoms with E-state index in [9.17, 15) is 9.90 Å². The second-order valence-corrected chi connectivity index (χ2v) is 5.43. The molecule has 2 atom stereocenters. The molecule has 1 aliphatic carbocycles. The predicted molar refractivity (Wildman–Crippen MR) is 77.0 cm³/mol. The summed E-state index contributed by atoms with van der Waals surface area (Å²) in [5.74, 6) is 0.131. The Kier molecular flexibility index (Phi) is 3.96. The normalized spacial score (nSPS) is 21.4. The number of benzene rings is 1. The Morgan fingerprint density at radius 1 is 1.33 bits per heavy atom. The highest BCUT2D eigenvalue weighted by molar-refractivity contribution is 5.91. The van der Waals surface area contributed by atoms with Crippen LogP contribution in [-0.2, 0) is 0 Å². The molecule has 110 valence electrons. The molecule has 1 aromatic carbocycles. The third-order valence-electron chi connectivity index (χ3n) is 3.81. The van der Waals surface area contributed by atoms with Gasteiger partial charge in [-0.25, -0.2) is 4.68 Å². The third kappa shape index (κ3) is 3.28. The summed E-state index contributed by atoms with van der Waals surface area (Å²) in [4.78, 5) is 12.0. The first-order valence-electron chi connectivity index (χ1n) is 7.16. The van der Waals surface area contributed by atoms with Crippen molar-refractivity contribution in [1.82, 2.24) is 20.3 Å². The van der Waals surface area contributed by atoms with Crippen molar-refractivity contribution in [3.8, 4) is 5.69 Å². The molecule has 2 aromatic rings. The highest BCUT2D eigenvalue weighted by Crippen LogP contribution is 2.24. The lowest BCUT2D eigenvalue weighted by atomic mass is 10.1. The summed E-state index contributed by atoms with van der Waals surface area (Å²) in [5, 5.41) is 20.2. The second-order valence-electron chi connectivity index (χ2n) is 5.43. The maximum atomic E-state index is 12.0. The molecule has 2 unspecified atom stereocenters. The summed E-state index contributed by atoms with van der Waals surface area (Å²) < 4.78 is 1.58. The van der Waals surface area contributed by atoms with Crippen molar-refractivity contribution in [2.45, 2.75) is 25.4 Å². The van der Waals surface area contributed by atoms with E-state index in [1.54, 1.807) is 10.9 Å². The van der Waals surface area contributed by atoms with E-state index in [1.165, 1.54) is 0 Å². The minimum absolute atomic E-state index is 0.217. The summed E-state index contributed by atoms with van der Waals surface area (Å²) in [7, 11) is 0. The number of aliphatic hydroxyl groups excluding tert-OH is 1. The van der Waals surface area contributed by atoms with Gasteiger partial charge in [0.2, 0.25) is 0 Å². The van der Waals surface area contributed by atoms with Gasteiger partial charge in [0.15, 0.2) is 5.69 Å². The first-order valence-corrected chi connectivity index (χ1v) is 7.16. The topological polar surface area (TPSA) is 80.0 Å². The van der Waals surface area contributed by atoms with E-state index >= 15 is 0 Å². The molecule has 1 fully saturated rings. The molecule has 6 nitrogen and oxygen atoms in total. The summed E-state index contributed by atoms with van der Waals surface area (Å²) >= 11 is 0. The average Bonchev–Trinajstić information content (AvgIpc) is 3.15. The Morgan fingerprint density at radius 3 is 2.86 bits per heavy atom. The van der Waals surface area contributed by atoms with Gasteiger partial charge in [0, 0.05) is 6.54 Å². The second kappa shape index (κ2) is 6.05. The number of carbonyl (C=O) groups is 1. The van der Waals surface area contributed by atoms with E-state index in [-0.39, 0.29) is 12.0 Å². The van der Waals surface area contributed by atoms with E-state index in [1.807, 2.05) is 30.3 Å². The number of aliphatic hydroxyl groups is 1. The van der Waals surface area contributed by atoms with Gasteiger partial charge in [-0.15, -0.1) is 5.10 Å². The van der Waals surface area contributed by atoms with Crippen LogP contribution in [0.15, 0.2) is 36.5 Å². The van der Waals surface area contributed by atoms with Gasteiger partial charge in [0.1, 0.15) is 0 Å². The van der Waals surface area contributed by atoms with E-state index in [0.717, 1.165) is 24.9 Å². The lowest BCUT2D eigenvalue weighted by molar-refractivity contribution is 0.0940. The highest BCUT2D eigenvalue weighted by Gasteiger charge is 2.23. The SMILES string of the molecule is O=C(NCC1CCC(O)C1)c1cn(-c2ccccc2)nn1.